The number of anilines is 1. The molecule has 0 aliphatic carbocycles. The molecule has 3 aromatic rings. The van der Waals surface area contributed by atoms with Crippen LogP contribution in [-0.2, 0) is 5.41 Å². The maximum Gasteiger partial charge on any atom is 0.280 e. The summed E-state index contributed by atoms with van der Waals surface area (Å²) < 4.78 is 7.32. The van der Waals surface area contributed by atoms with Crippen molar-refractivity contribution in [2.24, 2.45) is 0 Å². The predicted molar refractivity (Wildman–Crippen MR) is 104 cm³/mol. The van der Waals surface area contributed by atoms with Crippen LogP contribution in [0.25, 0.3) is 5.69 Å². The Morgan fingerprint density at radius 1 is 1.04 bits per heavy atom. The van der Waals surface area contributed by atoms with Gasteiger partial charge in [-0.15, -0.1) is 0 Å². The van der Waals surface area contributed by atoms with E-state index in [1.165, 1.54) is 5.56 Å². The molecule has 0 saturated heterocycles. The molecule has 3 rings (SSSR count). The van der Waals surface area contributed by atoms with Crippen molar-refractivity contribution in [1.29, 1.82) is 0 Å². The molecular formula is C21H25N3O2. The van der Waals surface area contributed by atoms with E-state index in [2.05, 4.69) is 26.1 Å². The zero-order chi connectivity index (χ0) is 18.7. The third-order valence-electron chi connectivity index (χ3n) is 4.02. The van der Waals surface area contributed by atoms with Gasteiger partial charge in [0.15, 0.2) is 0 Å². The van der Waals surface area contributed by atoms with Crippen LogP contribution in [0.1, 0.15) is 32.0 Å². The largest absolute Gasteiger partial charge is 0.447 e. The summed E-state index contributed by atoms with van der Waals surface area (Å²) in [6.07, 6.45) is -1.19. The molecule has 26 heavy (non-hydrogen) atoms. The third kappa shape index (κ3) is 4.24. The van der Waals surface area contributed by atoms with Crippen molar-refractivity contribution in [3.05, 3.63) is 71.9 Å². The maximum atomic E-state index is 10.3. The fourth-order valence-electron chi connectivity index (χ4n) is 2.52. The number of aromatic nitrogens is 2. The standard InChI is InChI=1S/C21H25N3O2/c1-15-10-12-16(13-11-15)24-19(14-18(23-24)21(2,3)4)22-20(25)26-17-8-6-5-7-9-17/h5-14,20,22,25H,1-4H3. The highest BCUT2D eigenvalue weighted by Gasteiger charge is 2.21. The Morgan fingerprint density at radius 3 is 2.31 bits per heavy atom. The molecule has 1 atom stereocenters. The number of nitrogens with one attached hydrogen (secondary N) is 1. The molecule has 0 radical (unpaired) electrons. The fraction of sp³-hybridized carbons (Fsp3) is 0.286. The molecule has 0 aliphatic rings. The smallest absolute Gasteiger partial charge is 0.280 e. The van der Waals surface area contributed by atoms with Crippen LogP contribution in [0.4, 0.5) is 5.82 Å². The van der Waals surface area contributed by atoms with E-state index in [4.69, 9.17) is 9.84 Å². The van der Waals surface area contributed by atoms with Crippen LogP contribution in [0.5, 0.6) is 5.75 Å². The fourth-order valence-corrected chi connectivity index (χ4v) is 2.52. The first-order valence-electron chi connectivity index (χ1n) is 8.67. The van der Waals surface area contributed by atoms with Crippen molar-refractivity contribution in [3.63, 3.8) is 0 Å². The molecule has 1 aromatic heterocycles. The number of aliphatic hydroxyl groups excluding tert-OH is 1. The summed E-state index contributed by atoms with van der Waals surface area (Å²) >= 11 is 0. The number of hydrogen-bond acceptors (Lipinski definition) is 4. The predicted octanol–water partition coefficient (Wildman–Crippen LogP) is 4.25. The van der Waals surface area contributed by atoms with Gasteiger partial charge in [0.25, 0.3) is 6.41 Å². The number of benzene rings is 2. The van der Waals surface area contributed by atoms with Gasteiger partial charge in [-0.1, -0.05) is 56.7 Å². The Labute approximate surface area is 154 Å². The van der Waals surface area contributed by atoms with Crippen LogP contribution in [0.2, 0.25) is 0 Å². The van der Waals surface area contributed by atoms with Gasteiger partial charge in [0.1, 0.15) is 11.6 Å². The second-order valence-electron chi connectivity index (χ2n) is 7.34. The van der Waals surface area contributed by atoms with Gasteiger partial charge in [0.05, 0.1) is 11.4 Å². The molecule has 0 bridgehead atoms. The number of ether oxygens (including phenoxy) is 1. The number of hydrogen-bond donors (Lipinski definition) is 2. The highest BCUT2D eigenvalue weighted by molar-refractivity contribution is 5.48. The summed E-state index contributed by atoms with van der Waals surface area (Å²) in [6.45, 7) is 8.37. The molecule has 0 aliphatic heterocycles. The van der Waals surface area contributed by atoms with Crippen molar-refractivity contribution in [2.45, 2.75) is 39.5 Å². The van der Waals surface area contributed by atoms with Crippen molar-refractivity contribution in [3.8, 4) is 11.4 Å². The minimum absolute atomic E-state index is 0.113. The molecule has 5 nitrogen and oxygen atoms in total. The van der Waals surface area contributed by atoms with E-state index in [-0.39, 0.29) is 5.41 Å². The molecule has 2 N–H and O–H groups in total. The average Bonchev–Trinajstić information content (AvgIpc) is 3.00. The van der Waals surface area contributed by atoms with Crippen molar-refractivity contribution >= 4 is 5.82 Å². The van der Waals surface area contributed by atoms with Crippen molar-refractivity contribution in [2.75, 3.05) is 5.32 Å². The zero-order valence-electron chi connectivity index (χ0n) is 15.6. The van der Waals surface area contributed by atoms with E-state index in [0.29, 0.717) is 11.6 Å². The number of aliphatic hydroxyl groups is 1. The normalized spacial score (nSPS) is 12.7. The van der Waals surface area contributed by atoms with Crippen molar-refractivity contribution in [1.82, 2.24) is 9.78 Å². The van der Waals surface area contributed by atoms with E-state index in [1.54, 1.807) is 16.8 Å². The van der Waals surface area contributed by atoms with Gasteiger partial charge in [-0.2, -0.15) is 5.10 Å². The molecule has 1 heterocycles. The van der Waals surface area contributed by atoms with Crippen LogP contribution in [-0.4, -0.2) is 21.3 Å². The first-order chi connectivity index (χ1) is 12.3. The first-order valence-corrected chi connectivity index (χ1v) is 8.67. The van der Waals surface area contributed by atoms with E-state index >= 15 is 0 Å². The van der Waals surface area contributed by atoms with Gasteiger partial charge >= 0.3 is 0 Å². The Morgan fingerprint density at radius 2 is 1.69 bits per heavy atom. The van der Waals surface area contributed by atoms with Gasteiger partial charge in [-0.3, -0.25) is 0 Å². The second-order valence-corrected chi connectivity index (χ2v) is 7.34. The minimum Gasteiger partial charge on any atom is -0.447 e. The molecule has 0 amide bonds. The van der Waals surface area contributed by atoms with Crippen LogP contribution < -0.4 is 10.1 Å². The van der Waals surface area contributed by atoms with Crippen LogP contribution in [0.15, 0.2) is 60.7 Å². The SMILES string of the molecule is Cc1ccc(-n2nc(C(C)(C)C)cc2NC(O)Oc2ccccc2)cc1. The lowest BCUT2D eigenvalue weighted by atomic mass is 9.92. The quantitative estimate of drug-likeness (QED) is 0.675. The van der Waals surface area contributed by atoms with Gasteiger partial charge < -0.3 is 15.2 Å². The topological polar surface area (TPSA) is 59.3 Å². The van der Waals surface area contributed by atoms with E-state index in [0.717, 1.165) is 11.4 Å². The summed E-state index contributed by atoms with van der Waals surface area (Å²) in [4.78, 5) is 0. The summed E-state index contributed by atoms with van der Waals surface area (Å²) in [6, 6.07) is 19.2. The van der Waals surface area contributed by atoms with Gasteiger partial charge in [-0.25, -0.2) is 4.68 Å². The Hall–Kier alpha value is -2.79. The molecular weight excluding hydrogens is 326 g/mol. The van der Waals surface area contributed by atoms with Crippen LogP contribution >= 0.6 is 0 Å². The van der Waals surface area contributed by atoms with Crippen molar-refractivity contribution < 1.29 is 9.84 Å². The highest BCUT2D eigenvalue weighted by Crippen LogP contribution is 2.27. The zero-order valence-corrected chi connectivity index (χ0v) is 15.6. The number of para-hydroxylation sites is 1. The summed E-state index contributed by atoms with van der Waals surface area (Å²) in [5.74, 6) is 1.26. The Balaban J connectivity index is 1.89. The molecule has 1 unspecified atom stereocenters. The summed E-state index contributed by atoms with van der Waals surface area (Å²) in [7, 11) is 0. The van der Waals surface area contributed by atoms with Crippen LogP contribution in [0, 0.1) is 6.92 Å². The van der Waals surface area contributed by atoms with Crippen LogP contribution in [0.3, 0.4) is 0 Å². The summed E-state index contributed by atoms with van der Waals surface area (Å²) in [5, 5.41) is 18.0. The summed E-state index contributed by atoms with van der Waals surface area (Å²) in [5.41, 5.74) is 2.91. The number of rotatable bonds is 5. The van der Waals surface area contributed by atoms with E-state index in [1.807, 2.05) is 55.5 Å². The Kier molecular flexibility index (Phi) is 5.00. The maximum absolute atomic E-state index is 10.3. The molecule has 2 aromatic carbocycles. The average molecular weight is 351 g/mol. The van der Waals surface area contributed by atoms with E-state index < -0.39 is 6.41 Å². The molecule has 136 valence electrons. The lowest BCUT2D eigenvalue weighted by Crippen LogP contribution is -2.26. The molecule has 0 fully saturated rings. The third-order valence-corrected chi connectivity index (χ3v) is 4.02. The first kappa shape index (κ1) is 18.0. The molecule has 0 spiro atoms. The van der Waals surface area contributed by atoms with E-state index in [9.17, 15) is 5.11 Å². The number of nitrogens with zero attached hydrogens (tertiary/aromatic N) is 2. The molecule has 0 saturated carbocycles. The number of aryl methyl sites for hydroxylation is 1. The second kappa shape index (κ2) is 7.22. The lowest BCUT2D eigenvalue weighted by molar-refractivity contribution is 0.00725. The van der Waals surface area contributed by atoms with Gasteiger partial charge in [-0.05, 0) is 31.2 Å². The highest BCUT2D eigenvalue weighted by atomic mass is 16.6. The monoisotopic (exact) mass is 351 g/mol. The van der Waals surface area contributed by atoms with Gasteiger partial charge in [0.2, 0.25) is 0 Å². The Bertz CT molecular complexity index is 849. The minimum atomic E-state index is -1.19. The van der Waals surface area contributed by atoms with Gasteiger partial charge in [0, 0.05) is 11.5 Å². The lowest BCUT2D eigenvalue weighted by Gasteiger charge is -2.16. The molecule has 5 heteroatoms.